The lowest BCUT2D eigenvalue weighted by atomic mass is 10.0. The van der Waals surface area contributed by atoms with Gasteiger partial charge in [-0.2, -0.15) is 0 Å². The van der Waals surface area contributed by atoms with E-state index >= 15 is 0 Å². The zero-order chi connectivity index (χ0) is 29.1. The lowest BCUT2D eigenvalue weighted by Gasteiger charge is -2.12. The van der Waals surface area contributed by atoms with Crippen molar-refractivity contribution in [3.05, 3.63) is 89.7 Å². The zero-order valence-corrected chi connectivity index (χ0v) is 27.2. The van der Waals surface area contributed by atoms with Crippen LogP contribution in [0.25, 0.3) is 0 Å². The predicted molar refractivity (Wildman–Crippen MR) is 168 cm³/mol. The second-order valence-corrected chi connectivity index (χ2v) is 11.1. The maximum atomic E-state index is 12.7. The summed E-state index contributed by atoms with van der Waals surface area (Å²) >= 11 is 0. The molecule has 0 fully saturated rings. The Bertz CT molecular complexity index is 1180. The number of rotatable bonds is 20. The van der Waals surface area contributed by atoms with Gasteiger partial charge in [0.25, 0.3) is 0 Å². The zero-order valence-electron chi connectivity index (χ0n) is 25.6. The summed E-state index contributed by atoms with van der Waals surface area (Å²) < 4.78 is 8.08. The van der Waals surface area contributed by atoms with Gasteiger partial charge in [0.15, 0.2) is 24.7 Å². The maximum absolute atomic E-state index is 12.7. The molecule has 0 saturated carbocycles. The third kappa shape index (κ3) is 13.8. The fraction of sp³-hybridized carbons (Fsp3) is 0.472. The van der Waals surface area contributed by atoms with E-state index in [9.17, 15) is 9.59 Å². The number of nitrogens with zero attached hydrogens (tertiary/aromatic N) is 1. The molecule has 0 radical (unpaired) electrons. The van der Waals surface area contributed by atoms with Crippen LogP contribution in [0.1, 0.15) is 112 Å². The SMILES string of the molecule is CCCCCCCCCCCCCCOc1ccc(CC(=O)Nc2ccc(C[n+]3ccccc3)cc2)cc1C(C)=O.[Br-]. The van der Waals surface area contributed by atoms with Gasteiger partial charge in [0.05, 0.1) is 18.6 Å². The predicted octanol–water partition coefficient (Wildman–Crippen LogP) is 5.49. The van der Waals surface area contributed by atoms with Gasteiger partial charge in [-0.05, 0) is 43.2 Å². The quantitative estimate of drug-likeness (QED) is 0.101. The first kappa shape index (κ1) is 35.2. The molecule has 1 aromatic heterocycles. The summed E-state index contributed by atoms with van der Waals surface area (Å²) in [5, 5.41) is 2.96. The first-order valence-corrected chi connectivity index (χ1v) is 15.6. The molecule has 1 heterocycles. The van der Waals surface area contributed by atoms with E-state index in [1.54, 1.807) is 13.0 Å². The van der Waals surface area contributed by atoms with Crippen LogP contribution in [-0.2, 0) is 17.8 Å². The number of pyridine rings is 1. The fourth-order valence-corrected chi connectivity index (χ4v) is 5.05. The first-order valence-electron chi connectivity index (χ1n) is 15.6. The van der Waals surface area contributed by atoms with Gasteiger partial charge in [0.1, 0.15) is 5.75 Å². The minimum absolute atomic E-state index is 0. The molecular weight excluding hydrogens is 588 g/mol. The summed E-state index contributed by atoms with van der Waals surface area (Å²) in [6.45, 7) is 5.19. The minimum atomic E-state index is -0.116. The highest BCUT2D eigenvalue weighted by Gasteiger charge is 2.12. The molecule has 0 aliphatic rings. The van der Waals surface area contributed by atoms with Gasteiger partial charge >= 0.3 is 0 Å². The number of hydrogen-bond acceptors (Lipinski definition) is 3. The van der Waals surface area contributed by atoms with Crippen LogP contribution >= 0.6 is 0 Å². The fourth-order valence-electron chi connectivity index (χ4n) is 5.05. The number of anilines is 1. The second kappa shape index (κ2) is 20.8. The molecule has 2 aromatic carbocycles. The molecule has 0 atom stereocenters. The molecule has 5 nitrogen and oxygen atoms in total. The van der Waals surface area contributed by atoms with Crippen LogP contribution < -0.4 is 31.6 Å². The number of amides is 1. The normalized spacial score (nSPS) is 10.6. The Hall–Kier alpha value is -2.99. The van der Waals surface area contributed by atoms with Gasteiger partial charge in [-0.25, -0.2) is 4.57 Å². The molecule has 0 spiro atoms. The Kier molecular flexibility index (Phi) is 17.5. The summed E-state index contributed by atoms with van der Waals surface area (Å²) in [7, 11) is 0. The smallest absolute Gasteiger partial charge is 0.228 e. The van der Waals surface area contributed by atoms with Crippen LogP contribution in [0, 0.1) is 0 Å². The summed E-state index contributed by atoms with van der Waals surface area (Å²) in [4.78, 5) is 25.0. The number of carbonyl (C=O) groups excluding carboxylic acids is 2. The van der Waals surface area contributed by atoms with Crippen LogP contribution in [-0.4, -0.2) is 18.3 Å². The highest BCUT2D eigenvalue weighted by molar-refractivity contribution is 5.98. The largest absolute Gasteiger partial charge is 1.00 e. The van der Waals surface area contributed by atoms with E-state index in [-0.39, 0.29) is 35.1 Å². The molecule has 1 amide bonds. The van der Waals surface area contributed by atoms with E-state index in [1.165, 1.54) is 64.2 Å². The van der Waals surface area contributed by atoms with E-state index in [0.717, 1.165) is 36.2 Å². The molecule has 6 heteroatoms. The van der Waals surface area contributed by atoms with E-state index in [1.807, 2.05) is 67.0 Å². The van der Waals surface area contributed by atoms with Crippen LogP contribution in [0.5, 0.6) is 5.75 Å². The van der Waals surface area contributed by atoms with Crippen molar-refractivity contribution < 1.29 is 35.9 Å². The number of aromatic nitrogens is 1. The molecular formula is C36H49BrN2O3. The van der Waals surface area contributed by atoms with E-state index in [4.69, 9.17) is 4.74 Å². The van der Waals surface area contributed by atoms with Crippen molar-refractivity contribution in [3.63, 3.8) is 0 Å². The molecule has 0 aliphatic heterocycles. The topological polar surface area (TPSA) is 59.3 Å². The van der Waals surface area contributed by atoms with E-state index in [2.05, 4.69) is 16.8 Å². The Morgan fingerprint density at radius 1 is 0.738 bits per heavy atom. The number of carbonyl (C=O) groups is 2. The van der Waals surface area contributed by atoms with Gasteiger partial charge < -0.3 is 27.0 Å². The minimum Gasteiger partial charge on any atom is -1.00 e. The first-order chi connectivity index (χ1) is 20.0. The Morgan fingerprint density at radius 2 is 1.31 bits per heavy atom. The number of benzene rings is 2. The Morgan fingerprint density at radius 3 is 1.90 bits per heavy atom. The molecule has 0 aliphatic carbocycles. The van der Waals surface area contributed by atoms with Crippen LogP contribution in [0.3, 0.4) is 0 Å². The van der Waals surface area contributed by atoms with Crippen molar-refractivity contribution >= 4 is 17.4 Å². The molecule has 0 unspecified atom stereocenters. The van der Waals surface area contributed by atoms with Crippen molar-refractivity contribution in [2.75, 3.05) is 11.9 Å². The molecule has 42 heavy (non-hydrogen) atoms. The molecule has 0 bridgehead atoms. The van der Waals surface area contributed by atoms with Crippen molar-refractivity contribution in [2.24, 2.45) is 0 Å². The highest BCUT2D eigenvalue weighted by Crippen LogP contribution is 2.22. The maximum Gasteiger partial charge on any atom is 0.228 e. The van der Waals surface area contributed by atoms with E-state index < -0.39 is 0 Å². The third-order valence-electron chi connectivity index (χ3n) is 7.42. The molecule has 228 valence electrons. The Balaban J connectivity index is 0.00000616. The monoisotopic (exact) mass is 636 g/mol. The molecule has 3 rings (SSSR count). The van der Waals surface area contributed by atoms with Crippen molar-refractivity contribution in [2.45, 2.75) is 104 Å². The van der Waals surface area contributed by atoms with Crippen LogP contribution in [0.15, 0.2) is 73.1 Å². The lowest BCUT2D eigenvalue weighted by molar-refractivity contribution is -0.688. The summed E-state index contributed by atoms with van der Waals surface area (Å²) in [5.41, 5.74) is 3.25. The van der Waals surface area contributed by atoms with Gasteiger partial charge in [0.2, 0.25) is 5.91 Å². The van der Waals surface area contributed by atoms with Gasteiger partial charge in [-0.1, -0.05) is 102 Å². The molecule has 1 N–H and O–H groups in total. The Labute approximate surface area is 263 Å². The number of ketones is 1. The number of ether oxygens (including phenoxy) is 1. The van der Waals surface area contributed by atoms with E-state index in [0.29, 0.717) is 17.9 Å². The van der Waals surface area contributed by atoms with Crippen molar-refractivity contribution in [1.29, 1.82) is 0 Å². The average Bonchev–Trinajstić information content (AvgIpc) is 2.97. The van der Waals surface area contributed by atoms with Gasteiger partial charge in [0, 0.05) is 23.4 Å². The number of hydrogen-bond donors (Lipinski definition) is 1. The number of Topliss-reactive ketones (excluding diaryl/α,β-unsaturated/α-hetero) is 1. The number of unbranched alkanes of at least 4 members (excludes halogenated alkanes) is 11. The number of nitrogens with one attached hydrogen (secondary N) is 1. The highest BCUT2D eigenvalue weighted by atomic mass is 79.9. The molecule has 3 aromatic rings. The van der Waals surface area contributed by atoms with Gasteiger partial charge in [-0.15, -0.1) is 0 Å². The number of halogens is 1. The van der Waals surface area contributed by atoms with Crippen LogP contribution in [0.2, 0.25) is 0 Å². The standard InChI is InChI=1S/C36H48N2O3.BrH/c1-3-4-5-6-7-8-9-10-11-12-13-17-26-41-35-23-20-32(27-34(35)30(2)39)28-36(40)37-33-21-18-31(19-22-33)29-38-24-15-14-16-25-38;/h14-16,18-25,27H,3-13,17,26,28-29H2,1-2H3;1H. The van der Waals surface area contributed by atoms with Crippen molar-refractivity contribution in [1.82, 2.24) is 0 Å². The lowest BCUT2D eigenvalue weighted by Crippen LogP contribution is -3.00. The summed E-state index contributed by atoms with van der Waals surface area (Å²) in [5.74, 6) is 0.440. The van der Waals surface area contributed by atoms with Crippen LogP contribution in [0.4, 0.5) is 5.69 Å². The summed E-state index contributed by atoms with van der Waals surface area (Å²) in [6.07, 6.45) is 19.8. The average molecular weight is 638 g/mol. The van der Waals surface area contributed by atoms with Crippen molar-refractivity contribution in [3.8, 4) is 5.75 Å². The third-order valence-corrected chi connectivity index (χ3v) is 7.42. The van der Waals surface area contributed by atoms with Gasteiger partial charge in [-0.3, -0.25) is 9.59 Å². The second-order valence-electron chi connectivity index (χ2n) is 11.1. The molecule has 0 saturated heterocycles. The summed E-state index contributed by atoms with van der Waals surface area (Å²) in [6, 6.07) is 19.4.